The fraction of sp³-hybridized carbons (Fsp3) is 0.500. The molecule has 0 saturated heterocycles. The van der Waals surface area contributed by atoms with Gasteiger partial charge >= 0.3 is 0 Å². The summed E-state index contributed by atoms with van der Waals surface area (Å²) in [5.41, 5.74) is 2.54. The van der Waals surface area contributed by atoms with E-state index >= 15 is 0 Å². The first-order chi connectivity index (χ1) is 5.57. The van der Waals surface area contributed by atoms with E-state index in [0.29, 0.717) is 5.69 Å². The largest absolute Gasteiger partial charge is 0.279 e. The molecule has 0 aromatic carbocycles. The second kappa shape index (κ2) is 3.39. The number of nitrogens with zero attached hydrogens (tertiary/aromatic N) is 2. The lowest BCUT2D eigenvalue weighted by atomic mass is 10.2. The third kappa shape index (κ3) is 1.43. The maximum absolute atomic E-state index is 11.1. The molecule has 1 aromatic rings. The van der Waals surface area contributed by atoms with Crippen LogP contribution in [-0.4, -0.2) is 14.5 Å². The van der Waals surface area contributed by atoms with Crippen LogP contribution in [0.3, 0.4) is 0 Å². The van der Waals surface area contributed by atoms with Gasteiger partial charge in [0.05, 0.1) is 5.69 Å². The summed E-state index contributed by atoms with van der Waals surface area (Å²) in [5.74, 6) is 0. The molecule has 3 nitrogen and oxygen atoms in total. The minimum absolute atomic E-state index is 0.0950. The van der Waals surface area contributed by atoms with Gasteiger partial charge < -0.3 is 0 Å². The summed E-state index contributed by atoms with van der Waals surface area (Å²) < 4.78 is 1.62. The average molecular weight is 231 g/mol. The van der Waals surface area contributed by atoms with Crippen molar-refractivity contribution in [3.63, 3.8) is 0 Å². The minimum atomic E-state index is -0.0950. The van der Waals surface area contributed by atoms with Gasteiger partial charge in [0.25, 0.3) is 0 Å². The maximum atomic E-state index is 11.1. The first-order valence-electron chi connectivity index (χ1n) is 3.81. The Morgan fingerprint density at radius 1 is 1.58 bits per heavy atom. The summed E-state index contributed by atoms with van der Waals surface area (Å²) in [6.45, 7) is 6.50. The molecule has 0 amide bonds. The number of carbonyl (C=O) groups is 1. The Morgan fingerprint density at radius 2 is 2.17 bits per heavy atom. The van der Waals surface area contributed by atoms with Crippen molar-refractivity contribution in [1.29, 1.82) is 0 Å². The predicted octanol–water partition coefficient (Wildman–Crippen LogP) is 2.05. The van der Waals surface area contributed by atoms with Gasteiger partial charge in [-0.25, -0.2) is 0 Å². The number of hydrogen-bond donors (Lipinski definition) is 0. The lowest BCUT2D eigenvalue weighted by molar-refractivity contribution is 0.108. The van der Waals surface area contributed by atoms with Crippen LogP contribution in [0.1, 0.15) is 28.7 Å². The average Bonchev–Trinajstić information content (AvgIpc) is 2.28. The zero-order chi connectivity index (χ0) is 9.30. The SMILES string of the molecule is CCn1nc(C)c(C)c1C(=O)Br. The summed E-state index contributed by atoms with van der Waals surface area (Å²) >= 11 is 2.94. The Bertz CT molecular complexity index is 317. The molecule has 0 aliphatic heterocycles. The van der Waals surface area contributed by atoms with Gasteiger partial charge in [0, 0.05) is 12.1 Å². The van der Waals surface area contributed by atoms with Crippen molar-refractivity contribution in [2.45, 2.75) is 27.3 Å². The van der Waals surface area contributed by atoms with Gasteiger partial charge in [-0.2, -0.15) is 5.10 Å². The van der Waals surface area contributed by atoms with Crippen LogP contribution in [0.5, 0.6) is 0 Å². The number of aryl methyl sites for hydroxylation is 2. The van der Waals surface area contributed by atoms with E-state index in [1.807, 2.05) is 20.8 Å². The normalized spacial score (nSPS) is 10.3. The molecule has 1 aromatic heterocycles. The predicted molar refractivity (Wildman–Crippen MR) is 50.6 cm³/mol. The third-order valence-electron chi connectivity index (χ3n) is 1.91. The van der Waals surface area contributed by atoms with Crippen LogP contribution in [0.15, 0.2) is 0 Å². The molecule has 0 aliphatic rings. The van der Waals surface area contributed by atoms with Crippen LogP contribution >= 0.6 is 15.9 Å². The first kappa shape index (κ1) is 9.45. The van der Waals surface area contributed by atoms with Gasteiger partial charge in [0.1, 0.15) is 5.69 Å². The molecule has 0 aliphatic carbocycles. The van der Waals surface area contributed by atoms with Crippen LogP contribution in [0.25, 0.3) is 0 Å². The van der Waals surface area contributed by atoms with Gasteiger partial charge in [-0.3, -0.25) is 9.48 Å². The Labute approximate surface area is 79.9 Å². The molecule has 0 radical (unpaired) electrons. The topological polar surface area (TPSA) is 34.9 Å². The zero-order valence-corrected chi connectivity index (χ0v) is 8.97. The molecule has 0 spiro atoms. The number of halogens is 1. The molecule has 1 heterocycles. The number of hydrogen-bond acceptors (Lipinski definition) is 2. The second-order valence-electron chi connectivity index (χ2n) is 2.65. The fourth-order valence-corrected chi connectivity index (χ4v) is 1.65. The summed E-state index contributed by atoms with van der Waals surface area (Å²) in [5, 5.41) is 4.22. The van der Waals surface area contributed by atoms with Crippen LogP contribution in [0.4, 0.5) is 0 Å². The summed E-state index contributed by atoms with van der Waals surface area (Å²) in [7, 11) is 0. The number of rotatable bonds is 2. The van der Waals surface area contributed by atoms with Crippen molar-refractivity contribution >= 4 is 20.6 Å². The number of aromatic nitrogens is 2. The second-order valence-corrected chi connectivity index (χ2v) is 3.37. The minimum Gasteiger partial charge on any atom is -0.279 e. The molecular weight excluding hydrogens is 220 g/mol. The lowest BCUT2D eigenvalue weighted by Gasteiger charge is -1.99. The highest BCUT2D eigenvalue weighted by Gasteiger charge is 2.14. The van der Waals surface area contributed by atoms with Crippen LogP contribution < -0.4 is 0 Å². The molecule has 0 saturated carbocycles. The van der Waals surface area contributed by atoms with Crippen LogP contribution in [-0.2, 0) is 6.54 Å². The highest BCUT2D eigenvalue weighted by Crippen LogP contribution is 2.15. The van der Waals surface area contributed by atoms with E-state index in [-0.39, 0.29) is 4.69 Å². The summed E-state index contributed by atoms with van der Waals surface area (Å²) in [6.07, 6.45) is 0. The van der Waals surface area contributed by atoms with Crippen LogP contribution in [0.2, 0.25) is 0 Å². The van der Waals surface area contributed by atoms with E-state index in [1.165, 1.54) is 0 Å². The maximum Gasteiger partial charge on any atom is 0.246 e. The van der Waals surface area contributed by atoms with E-state index in [4.69, 9.17) is 0 Å². The van der Waals surface area contributed by atoms with E-state index in [9.17, 15) is 4.79 Å². The quantitative estimate of drug-likeness (QED) is 0.730. The zero-order valence-electron chi connectivity index (χ0n) is 7.39. The molecule has 1 rings (SSSR count). The van der Waals surface area contributed by atoms with E-state index in [2.05, 4.69) is 21.0 Å². The lowest BCUT2D eigenvalue weighted by Crippen LogP contribution is -2.05. The molecule has 0 bridgehead atoms. The van der Waals surface area contributed by atoms with Crippen molar-refractivity contribution < 1.29 is 4.79 Å². The van der Waals surface area contributed by atoms with Crippen LogP contribution in [0, 0.1) is 13.8 Å². The van der Waals surface area contributed by atoms with Crippen molar-refractivity contribution in [3.8, 4) is 0 Å². The third-order valence-corrected chi connectivity index (χ3v) is 2.29. The van der Waals surface area contributed by atoms with Crippen molar-refractivity contribution in [3.05, 3.63) is 17.0 Å². The molecule has 0 unspecified atom stereocenters. The summed E-state index contributed by atoms with van der Waals surface area (Å²) in [4.78, 5) is 11.1. The molecule has 0 fully saturated rings. The Kier molecular flexibility index (Phi) is 2.67. The Hall–Kier alpha value is -0.640. The first-order valence-corrected chi connectivity index (χ1v) is 4.61. The molecule has 0 atom stereocenters. The molecule has 66 valence electrons. The summed E-state index contributed by atoms with van der Waals surface area (Å²) in [6, 6.07) is 0. The fourth-order valence-electron chi connectivity index (χ4n) is 1.15. The van der Waals surface area contributed by atoms with Gasteiger partial charge in [-0.1, -0.05) is 0 Å². The molecule has 12 heavy (non-hydrogen) atoms. The van der Waals surface area contributed by atoms with Crippen molar-refractivity contribution in [1.82, 2.24) is 9.78 Å². The van der Waals surface area contributed by atoms with Gasteiger partial charge in [0.2, 0.25) is 4.69 Å². The van der Waals surface area contributed by atoms with Gasteiger partial charge in [-0.15, -0.1) is 0 Å². The van der Waals surface area contributed by atoms with Crippen molar-refractivity contribution in [2.24, 2.45) is 0 Å². The van der Waals surface area contributed by atoms with E-state index in [1.54, 1.807) is 4.68 Å². The molecular formula is C8H11BrN2O. The standard InChI is InChI=1S/C8H11BrN2O/c1-4-11-7(8(9)12)5(2)6(3)10-11/h4H2,1-3H3. The van der Waals surface area contributed by atoms with Gasteiger partial charge in [0.15, 0.2) is 0 Å². The molecule has 0 N–H and O–H groups in total. The van der Waals surface area contributed by atoms with Crippen molar-refractivity contribution in [2.75, 3.05) is 0 Å². The smallest absolute Gasteiger partial charge is 0.246 e. The molecule has 4 heteroatoms. The Balaban J connectivity index is 3.31. The highest BCUT2D eigenvalue weighted by atomic mass is 79.9. The van der Waals surface area contributed by atoms with E-state index < -0.39 is 0 Å². The highest BCUT2D eigenvalue weighted by molar-refractivity contribution is 9.18. The number of carbonyl (C=O) groups excluding carboxylic acids is 1. The Morgan fingerprint density at radius 3 is 2.50 bits per heavy atom. The monoisotopic (exact) mass is 230 g/mol. The van der Waals surface area contributed by atoms with Gasteiger partial charge in [-0.05, 0) is 36.7 Å². The van der Waals surface area contributed by atoms with E-state index in [0.717, 1.165) is 17.8 Å².